The van der Waals surface area contributed by atoms with Gasteiger partial charge in [-0.05, 0) is 26.2 Å². The van der Waals surface area contributed by atoms with Crippen molar-refractivity contribution in [1.29, 1.82) is 0 Å². The van der Waals surface area contributed by atoms with Crippen LogP contribution in [-0.2, 0) is 9.53 Å². The molecule has 2 aliphatic rings. The Hall–Kier alpha value is -0.320. The van der Waals surface area contributed by atoms with Gasteiger partial charge in [-0.2, -0.15) is 0 Å². The van der Waals surface area contributed by atoms with Crippen molar-refractivity contribution in [1.82, 2.24) is 4.90 Å². The molecule has 94 valence electrons. The first-order valence-corrected chi connectivity index (χ1v) is 5.85. The minimum Gasteiger partial charge on any atom is -0.374 e. The lowest BCUT2D eigenvalue weighted by atomic mass is 10.1. The molecule has 1 heterocycles. The van der Waals surface area contributed by atoms with E-state index in [9.17, 15) is 4.79 Å². The standard InChI is InChI=1S/C11H20N2O2.ClH/c1-8(12)7-11(14)13-5-6-15-10-4-2-3-9(10)13;/h8-10H,2-7,12H2,1H3;1H. The summed E-state index contributed by atoms with van der Waals surface area (Å²) < 4.78 is 5.66. The van der Waals surface area contributed by atoms with E-state index in [0.717, 1.165) is 19.4 Å². The van der Waals surface area contributed by atoms with Crippen molar-refractivity contribution in [2.24, 2.45) is 5.73 Å². The Kier molecular flexibility index (Phi) is 5.02. The number of nitrogens with zero attached hydrogens (tertiary/aromatic N) is 1. The Morgan fingerprint density at radius 3 is 3.00 bits per heavy atom. The molecule has 3 unspecified atom stereocenters. The average molecular weight is 249 g/mol. The second-order valence-electron chi connectivity index (χ2n) is 4.68. The number of nitrogens with two attached hydrogens (primary N) is 1. The maximum atomic E-state index is 11.9. The van der Waals surface area contributed by atoms with Gasteiger partial charge in [0.15, 0.2) is 0 Å². The molecule has 2 N–H and O–H groups in total. The van der Waals surface area contributed by atoms with E-state index in [2.05, 4.69) is 0 Å². The number of carbonyl (C=O) groups is 1. The maximum Gasteiger partial charge on any atom is 0.224 e. The van der Waals surface area contributed by atoms with Gasteiger partial charge in [-0.15, -0.1) is 12.4 Å². The lowest BCUT2D eigenvalue weighted by Gasteiger charge is -2.38. The Morgan fingerprint density at radius 2 is 2.31 bits per heavy atom. The lowest BCUT2D eigenvalue weighted by Crippen LogP contribution is -2.52. The van der Waals surface area contributed by atoms with E-state index in [1.54, 1.807) is 0 Å². The second-order valence-corrected chi connectivity index (χ2v) is 4.68. The highest BCUT2D eigenvalue weighted by Crippen LogP contribution is 2.29. The van der Waals surface area contributed by atoms with Crippen LogP contribution in [0.3, 0.4) is 0 Å². The van der Waals surface area contributed by atoms with Gasteiger partial charge in [-0.3, -0.25) is 4.79 Å². The predicted molar refractivity (Wildman–Crippen MR) is 64.6 cm³/mol. The summed E-state index contributed by atoms with van der Waals surface area (Å²) in [4.78, 5) is 13.9. The largest absolute Gasteiger partial charge is 0.374 e. The van der Waals surface area contributed by atoms with E-state index in [-0.39, 0.29) is 30.5 Å². The number of carbonyl (C=O) groups excluding carboxylic acids is 1. The van der Waals surface area contributed by atoms with Crippen molar-refractivity contribution in [3.05, 3.63) is 0 Å². The van der Waals surface area contributed by atoms with E-state index in [0.29, 0.717) is 19.1 Å². The van der Waals surface area contributed by atoms with Crippen molar-refractivity contribution in [2.45, 2.75) is 50.8 Å². The first-order valence-electron chi connectivity index (χ1n) is 5.85. The molecule has 1 aliphatic carbocycles. The molecule has 0 aromatic heterocycles. The number of halogens is 1. The van der Waals surface area contributed by atoms with Gasteiger partial charge in [-0.1, -0.05) is 0 Å². The van der Waals surface area contributed by atoms with E-state index in [1.165, 1.54) is 6.42 Å². The molecule has 2 fully saturated rings. The summed E-state index contributed by atoms with van der Waals surface area (Å²) >= 11 is 0. The van der Waals surface area contributed by atoms with Crippen LogP contribution >= 0.6 is 12.4 Å². The van der Waals surface area contributed by atoms with Gasteiger partial charge in [0, 0.05) is 19.0 Å². The van der Waals surface area contributed by atoms with Crippen LogP contribution in [0.25, 0.3) is 0 Å². The highest BCUT2D eigenvalue weighted by atomic mass is 35.5. The fourth-order valence-electron chi connectivity index (χ4n) is 2.63. The van der Waals surface area contributed by atoms with Crippen molar-refractivity contribution in [2.75, 3.05) is 13.2 Å². The number of morpholine rings is 1. The van der Waals surface area contributed by atoms with Crippen LogP contribution in [0.15, 0.2) is 0 Å². The number of amides is 1. The zero-order valence-electron chi connectivity index (χ0n) is 9.72. The van der Waals surface area contributed by atoms with Gasteiger partial charge in [-0.25, -0.2) is 0 Å². The summed E-state index contributed by atoms with van der Waals surface area (Å²) in [5.74, 6) is 0.199. The molecular formula is C11H21ClN2O2. The molecule has 2 rings (SSSR count). The van der Waals surface area contributed by atoms with Crippen LogP contribution in [-0.4, -0.2) is 42.1 Å². The number of fused-ring (bicyclic) bond motifs is 1. The average Bonchev–Trinajstić information content (AvgIpc) is 2.63. The minimum atomic E-state index is -0.0415. The van der Waals surface area contributed by atoms with Crippen molar-refractivity contribution < 1.29 is 9.53 Å². The smallest absolute Gasteiger partial charge is 0.224 e. The minimum absolute atomic E-state index is 0. The van der Waals surface area contributed by atoms with Gasteiger partial charge in [0.2, 0.25) is 5.91 Å². The molecule has 0 spiro atoms. The van der Waals surface area contributed by atoms with Crippen LogP contribution in [0.1, 0.15) is 32.6 Å². The zero-order chi connectivity index (χ0) is 10.8. The summed E-state index contributed by atoms with van der Waals surface area (Å²) in [6.07, 6.45) is 4.12. The van der Waals surface area contributed by atoms with Crippen LogP contribution in [0.4, 0.5) is 0 Å². The molecule has 1 saturated carbocycles. The quantitative estimate of drug-likeness (QED) is 0.791. The highest BCUT2D eigenvalue weighted by molar-refractivity contribution is 5.85. The number of hydrogen-bond donors (Lipinski definition) is 1. The third kappa shape index (κ3) is 2.87. The van der Waals surface area contributed by atoms with Gasteiger partial charge in [0.1, 0.15) is 0 Å². The molecule has 5 heteroatoms. The molecule has 0 bridgehead atoms. The second kappa shape index (κ2) is 5.84. The van der Waals surface area contributed by atoms with Crippen LogP contribution in [0.2, 0.25) is 0 Å². The van der Waals surface area contributed by atoms with Crippen molar-refractivity contribution >= 4 is 18.3 Å². The first kappa shape index (κ1) is 13.7. The third-order valence-electron chi connectivity index (χ3n) is 3.30. The number of ether oxygens (including phenoxy) is 1. The zero-order valence-corrected chi connectivity index (χ0v) is 10.5. The third-order valence-corrected chi connectivity index (χ3v) is 3.30. The maximum absolute atomic E-state index is 11.9. The molecule has 1 amide bonds. The SMILES string of the molecule is CC(N)CC(=O)N1CCOC2CCCC21.Cl. The molecule has 0 aromatic carbocycles. The summed E-state index contributed by atoms with van der Waals surface area (Å²) in [6.45, 7) is 3.31. The van der Waals surface area contributed by atoms with Gasteiger partial charge < -0.3 is 15.4 Å². The van der Waals surface area contributed by atoms with Crippen molar-refractivity contribution in [3.8, 4) is 0 Å². The Balaban J connectivity index is 0.00000128. The summed E-state index contributed by atoms with van der Waals surface area (Å²) in [5, 5.41) is 0. The van der Waals surface area contributed by atoms with Crippen LogP contribution in [0.5, 0.6) is 0 Å². The molecule has 0 radical (unpaired) electrons. The molecule has 1 aliphatic heterocycles. The van der Waals surface area contributed by atoms with Crippen LogP contribution in [0, 0.1) is 0 Å². The lowest BCUT2D eigenvalue weighted by molar-refractivity contribution is -0.144. The molecule has 3 atom stereocenters. The Morgan fingerprint density at radius 1 is 1.56 bits per heavy atom. The summed E-state index contributed by atoms with van der Waals surface area (Å²) in [7, 11) is 0. The topological polar surface area (TPSA) is 55.6 Å². The fourth-order valence-corrected chi connectivity index (χ4v) is 2.63. The molecule has 4 nitrogen and oxygen atoms in total. The van der Waals surface area contributed by atoms with Crippen LogP contribution < -0.4 is 5.73 Å². The highest BCUT2D eigenvalue weighted by Gasteiger charge is 2.38. The van der Waals surface area contributed by atoms with Gasteiger partial charge >= 0.3 is 0 Å². The molecule has 0 aromatic rings. The molecule has 1 saturated heterocycles. The van der Waals surface area contributed by atoms with Gasteiger partial charge in [0.25, 0.3) is 0 Å². The van der Waals surface area contributed by atoms with E-state index < -0.39 is 0 Å². The number of rotatable bonds is 2. The molecular weight excluding hydrogens is 228 g/mol. The monoisotopic (exact) mass is 248 g/mol. The first-order chi connectivity index (χ1) is 7.18. The van der Waals surface area contributed by atoms with E-state index in [1.807, 2.05) is 11.8 Å². The van der Waals surface area contributed by atoms with E-state index >= 15 is 0 Å². The van der Waals surface area contributed by atoms with Crippen molar-refractivity contribution in [3.63, 3.8) is 0 Å². The Labute approximate surface area is 103 Å². The fraction of sp³-hybridized carbons (Fsp3) is 0.909. The summed E-state index contributed by atoms with van der Waals surface area (Å²) in [5.41, 5.74) is 5.66. The number of hydrogen-bond acceptors (Lipinski definition) is 3. The normalized spacial score (nSPS) is 30.5. The van der Waals surface area contributed by atoms with E-state index in [4.69, 9.17) is 10.5 Å². The Bertz CT molecular complexity index is 248. The predicted octanol–water partition coefficient (Wildman–Crippen LogP) is 0.925. The summed E-state index contributed by atoms with van der Waals surface area (Å²) in [6, 6.07) is 0.283. The van der Waals surface area contributed by atoms with Gasteiger partial charge in [0.05, 0.1) is 18.8 Å². The molecule has 16 heavy (non-hydrogen) atoms.